The Balaban J connectivity index is 2.43. The Bertz CT molecular complexity index is 835. The molecule has 9 heteroatoms. The topological polar surface area (TPSA) is 66.5 Å². The third-order valence-corrected chi connectivity index (χ3v) is 7.65. The van der Waals surface area contributed by atoms with E-state index in [4.69, 9.17) is 0 Å². The summed E-state index contributed by atoms with van der Waals surface area (Å²) in [5.74, 6) is -0.913. The highest BCUT2D eigenvalue weighted by atomic mass is 32.2. The van der Waals surface area contributed by atoms with Gasteiger partial charge in [-0.2, -0.15) is 17.5 Å². The van der Waals surface area contributed by atoms with Gasteiger partial charge < -0.3 is 5.32 Å². The maximum absolute atomic E-state index is 13.3. The first-order chi connectivity index (χ1) is 12.3. The smallest absolute Gasteiger partial charge is 0.346 e. The number of carbonyl (C=O) groups is 1. The molecular weight excluding hydrogens is 381 g/mol. The molecule has 0 saturated carbocycles. The van der Waals surface area contributed by atoms with E-state index in [2.05, 4.69) is 0 Å². The van der Waals surface area contributed by atoms with Crippen LogP contribution in [0.25, 0.3) is 0 Å². The molecule has 1 N–H and O–H groups in total. The molecule has 0 bridgehead atoms. The van der Waals surface area contributed by atoms with E-state index in [1.54, 1.807) is 13.8 Å². The minimum absolute atomic E-state index is 0.108. The second kappa shape index (κ2) is 7.43. The third-order valence-electron chi connectivity index (χ3n) is 5.47. The van der Waals surface area contributed by atoms with E-state index in [0.717, 1.165) is 21.0 Å². The molecule has 2 rings (SSSR count). The van der Waals surface area contributed by atoms with Crippen molar-refractivity contribution in [2.75, 3.05) is 13.1 Å². The van der Waals surface area contributed by atoms with E-state index in [9.17, 15) is 26.4 Å². The summed E-state index contributed by atoms with van der Waals surface area (Å²) in [4.78, 5) is 12.4. The zero-order chi connectivity index (χ0) is 20.7. The molecule has 1 saturated heterocycles. The number of rotatable bonds is 4. The number of halogens is 3. The summed E-state index contributed by atoms with van der Waals surface area (Å²) in [6.07, 6.45) is -3.92. The lowest BCUT2D eigenvalue weighted by molar-refractivity contribution is -0.140. The summed E-state index contributed by atoms with van der Waals surface area (Å²) >= 11 is 0. The fraction of sp³-hybridized carbons (Fsp3) is 0.611. The van der Waals surface area contributed by atoms with E-state index in [0.29, 0.717) is 17.5 Å². The number of amides is 1. The predicted molar refractivity (Wildman–Crippen MR) is 96.1 cm³/mol. The minimum Gasteiger partial charge on any atom is -0.346 e. The van der Waals surface area contributed by atoms with Crippen molar-refractivity contribution in [3.05, 3.63) is 27.8 Å². The number of benzene rings is 1. The molecule has 1 heterocycles. The number of hydrogen-bond acceptors (Lipinski definition) is 3. The number of sulfonamides is 1. The Morgan fingerprint density at radius 2 is 1.52 bits per heavy atom. The van der Waals surface area contributed by atoms with E-state index in [-0.39, 0.29) is 17.9 Å². The molecule has 1 aliphatic heterocycles. The van der Waals surface area contributed by atoms with Crippen LogP contribution in [0.3, 0.4) is 0 Å². The van der Waals surface area contributed by atoms with Crippen LogP contribution in [-0.4, -0.2) is 43.9 Å². The number of nitrogens with zero attached hydrogens (tertiary/aromatic N) is 1. The summed E-state index contributed by atoms with van der Waals surface area (Å²) in [5, 5.41) is 1.81. The largest absolute Gasteiger partial charge is 0.405 e. The van der Waals surface area contributed by atoms with Crippen LogP contribution in [0.4, 0.5) is 13.2 Å². The molecule has 152 valence electrons. The van der Waals surface area contributed by atoms with Gasteiger partial charge in [0.1, 0.15) is 12.6 Å². The first-order valence-corrected chi connectivity index (χ1v) is 10.2. The Hall–Kier alpha value is -1.61. The molecule has 1 fully saturated rings. The molecule has 1 atom stereocenters. The highest BCUT2D eigenvalue weighted by Crippen LogP contribution is 2.34. The quantitative estimate of drug-likeness (QED) is 0.836. The van der Waals surface area contributed by atoms with Gasteiger partial charge in [0.25, 0.3) is 0 Å². The normalized spacial score (nSPS) is 18.7. The van der Waals surface area contributed by atoms with Gasteiger partial charge >= 0.3 is 6.18 Å². The standard InChI is InChI=1S/C18H25F3N2O3S/c1-10-11(2)13(4)16(14(5)12(10)3)27(25,26)23-8-6-7-15(23)17(24)22-9-18(19,20)21/h15H,6-9H2,1-5H3,(H,22,24). The van der Waals surface area contributed by atoms with Crippen LogP contribution in [0, 0.1) is 34.6 Å². The Labute approximate surface area is 158 Å². The van der Waals surface area contributed by atoms with Gasteiger partial charge in [-0.15, -0.1) is 0 Å². The van der Waals surface area contributed by atoms with Crippen molar-refractivity contribution in [2.45, 2.75) is 64.6 Å². The molecule has 1 aliphatic rings. The monoisotopic (exact) mass is 406 g/mol. The Kier molecular flexibility index (Phi) is 5.96. The number of nitrogens with one attached hydrogen (secondary N) is 1. The number of hydrogen-bond donors (Lipinski definition) is 1. The van der Waals surface area contributed by atoms with Gasteiger partial charge in [0, 0.05) is 6.54 Å². The number of alkyl halides is 3. The van der Waals surface area contributed by atoms with Crippen LogP contribution in [0.5, 0.6) is 0 Å². The molecule has 27 heavy (non-hydrogen) atoms. The molecule has 1 amide bonds. The van der Waals surface area contributed by atoms with Crippen LogP contribution >= 0.6 is 0 Å². The van der Waals surface area contributed by atoms with E-state index >= 15 is 0 Å². The SMILES string of the molecule is Cc1c(C)c(C)c(S(=O)(=O)N2CCCC2C(=O)NCC(F)(F)F)c(C)c1C. The van der Waals surface area contributed by atoms with E-state index in [1.807, 2.05) is 26.1 Å². The highest BCUT2D eigenvalue weighted by Gasteiger charge is 2.42. The van der Waals surface area contributed by atoms with E-state index < -0.39 is 34.7 Å². The molecule has 1 unspecified atom stereocenters. The molecule has 0 spiro atoms. The molecular formula is C18H25F3N2O3S. The highest BCUT2D eigenvalue weighted by molar-refractivity contribution is 7.89. The molecule has 0 radical (unpaired) electrons. The molecule has 5 nitrogen and oxygen atoms in total. The van der Waals surface area contributed by atoms with Crippen LogP contribution in [-0.2, 0) is 14.8 Å². The van der Waals surface area contributed by atoms with Gasteiger partial charge in [-0.05, 0) is 75.3 Å². The van der Waals surface area contributed by atoms with Crippen molar-refractivity contribution in [3.8, 4) is 0 Å². The molecule has 1 aromatic carbocycles. The van der Waals surface area contributed by atoms with Gasteiger partial charge in [-0.25, -0.2) is 8.42 Å². The number of carbonyl (C=O) groups excluding carboxylic acids is 1. The predicted octanol–water partition coefficient (Wildman–Crippen LogP) is 3.06. The van der Waals surface area contributed by atoms with Crippen LogP contribution in [0.1, 0.15) is 40.7 Å². The zero-order valence-corrected chi connectivity index (χ0v) is 16.9. The minimum atomic E-state index is -4.55. The first kappa shape index (κ1) is 21.7. The third kappa shape index (κ3) is 4.13. The Morgan fingerprint density at radius 3 is 2.00 bits per heavy atom. The lowest BCUT2D eigenvalue weighted by Gasteiger charge is -2.27. The van der Waals surface area contributed by atoms with Gasteiger partial charge in [0.2, 0.25) is 15.9 Å². The van der Waals surface area contributed by atoms with Crippen molar-refractivity contribution in [1.82, 2.24) is 9.62 Å². The Morgan fingerprint density at radius 1 is 1.04 bits per heavy atom. The maximum atomic E-state index is 13.3. The average molecular weight is 406 g/mol. The molecule has 0 aromatic heterocycles. The summed E-state index contributed by atoms with van der Waals surface area (Å²) in [7, 11) is -4.02. The van der Waals surface area contributed by atoms with Crippen molar-refractivity contribution < 1.29 is 26.4 Å². The lowest BCUT2D eigenvalue weighted by atomic mass is 9.95. The van der Waals surface area contributed by atoms with Crippen molar-refractivity contribution >= 4 is 15.9 Å². The summed E-state index contributed by atoms with van der Waals surface area (Å²) in [5.41, 5.74) is 3.93. The summed E-state index contributed by atoms with van der Waals surface area (Å²) in [6.45, 7) is 7.67. The van der Waals surface area contributed by atoms with Gasteiger partial charge in [-0.1, -0.05) is 0 Å². The van der Waals surface area contributed by atoms with Gasteiger partial charge in [0.15, 0.2) is 0 Å². The second-order valence-electron chi connectivity index (χ2n) is 7.06. The second-order valence-corrected chi connectivity index (χ2v) is 8.89. The van der Waals surface area contributed by atoms with Crippen LogP contribution in [0.15, 0.2) is 4.90 Å². The molecule has 1 aromatic rings. The first-order valence-electron chi connectivity index (χ1n) is 8.72. The lowest BCUT2D eigenvalue weighted by Crippen LogP contribution is -2.48. The van der Waals surface area contributed by atoms with Gasteiger partial charge in [-0.3, -0.25) is 4.79 Å². The van der Waals surface area contributed by atoms with Crippen molar-refractivity contribution in [3.63, 3.8) is 0 Å². The van der Waals surface area contributed by atoms with E-state index in [1.165, 1.54) is 0 Å². The molecule has 0 aliphatic carbocycles. The van der Waals surface area contributed by atoms with Crippen LogP contribution in [0.2, 0.25) is 0 Å². The van der Waals surface area contributed by atoms with Gasteiger partial charge in [0.05, 0.1) is 4.90 Å². The fourth-order valence-electron chi connectivity index (χ4n) is 3.56. The van der Waals surface area contributed by atoms with Crippen molar-refractivity contribution in [1.29, 1.82) is 0 Å². The summed E-state index contributed by atoms with van der Waals surface area (Å²) < 4.78 is 64.9. The zero-order valence-electron chi connectivity index (χ0n) is 16.1. The fourth-order valence-corrected chi connectivity index (χ4v) is 5.78. The average Bonchev–Trinajstić information content (AvgIpc) is 3.06. The maximum Gasteiger partial charge on any atom is 0.405 e. The van der Waals surface area contributed by atoms with Crippen molar-refractivity contribution in [2.24, 2.45) is 0 Å². The summed E-state index contributed by atoms with van der Waals surface area (Å²) in [6, 6.07) is -1.13. The van der Waals surface area contributed by atoms with Crippen LogP contribution < -0.4 is 5.32 Å².